The molecular weight excluding hydrogens is 152 g/mol. The number of hydrogen-bond donors (Lipinski definition) is 1. The maximum Gasteiger partial charge on any atom is 0.331 e. The largest absolute Gasteiger partial charge is 0.478 e. The molecule has 0 unspecified atom stereocenters. The molecule has 0 aliphatic heterocycles. The van der Waals surface area contributed by atoms with E-state index in [9.17, 15) is 4.79 Å². The number of carbonyl (C=O) groups is 1. The molecule has 0 saturated heterocycles. The smallest absolute Gasteiger partial charge is 0.331 e. The van der Waals surface area contributed by atoms with Gasteiger partial charge >= 0.3 is 5.97 Å². The van der Waals surface area contributed by atoms with E-state index in [1.165, 1.54) is 25.7 Å². The molecule has 1 rings (SSSR count). The Bertz CT molecular complexity index is 210. The molecule has 0 amide bonds. The summed E-state index contributed by atoms with van der Waals surface area (Å²) in [6.07, 6.45) is 4.87. The Kier molecular flexibility index (Phi) is 2.90. The van der Waals surface area contributed by atoms with Crippen LogP contribution in [0.2, 0.25) is 0 Å². The van der Waals surface area contributed by atoms with Gasteiger partial charge in [-0.2, -0.15) is 0 Å². The maximum absolute atomic E-state index is 10.6. The lowest BCUT2D eigenvalue weighted by Gasteiger charge is -2.11. The van der Waals surface area contributed by atoms with Crippen LogP contribution in [0.4, 0.5) is 0 Å². The first-order valence-electron chi connectivity index (χ1n) is 4.53. The van der Waals surface area contributed by atoms with Gasteiger partial charge in [-0.05, 0) is 32.6 Å². The van der Waals surface area contributed by atoms with Gasteiger partial charge < -0.3 is 5.11 Å². The van der Waals surface area contributed by atoms with Crippen molar-refractivity contribution < 1.29 is 9.90 Å². The highest BCUT2D eigenvalue weighted by atomic mass is 16.4. The number of allylic oxidation sites excluding steroid dienone is 1. The van der Waals surface area contributed by atoms with Gasteiger partial charge in [-0.25, -0.2) is 4.79 Å². The van der Waals surface area contributed by atoms with Crippen LogP contribution in [0.3, 0.4) is 0 Å². The second-order valence-corrected chi connectivity index (χ2v) is 3.59. The summed E-state index contributed by atoms with van der Waals surface area (Å²) in [5.41, 5.74) is 1.63. The second kappa shape index (κ2) is 3.74. The molecule has 0 aromatic carbocycles. The Hall–Kier alpha value is -0.790. The molecule has 1 fully saturated rings. The molecule has 0 radical (unpaired) electrons. The Labute approximate surface area is 73.3 Å². The summed E-state index contributed by atoms with van der Waals surface area (Å²) >= 11 is 0. The molecule has 1 aliphatic rings. The molecule has 0 spiro atoms. The third-order valence-electron chi connectivity index (χ3n) is 2.88. The van der Waals surface area contributed by atoms with Crippen LogP contribution in [0.1, 0.15) is 39.5 Å². The van der Waals surface area contributed by atoms with Gasteiger partial charge in [0.25, 0.3) is 0 Å². The lowest BCUT2D eigenvalue weighted by atomic mass is 9.95. The van der Waals surface area contributed by atoms with Crippen molar-refractivity contribution in [3.05, 3.63) is 11.1 Å². The molecule has 0 atom stereocenters. The quantitative estimate of drug-likeness (QED) is 0.643. The highest BCUT2D eigenvalue weighted by molar-refractivity contribution is 5.86. The van der Waals surface area contributed by atoms with Crippen LogP contribution >= 0.6 is 0 Å². The van der Waals surface area contributed by atoms with Gasteiger partial charge in [0.15, 0.2) is 0 Å². The van der Waals surface area contributed by atoms with Crippen LogP contribution in [-0.2, 0) is 4.79 Å². The summed E-state index contributed by atoms with van der Waals surface area (Å²) in [6.45, 7) is 3.66. The lowest BCUT2D eigenvalue weighted by molar-refractivity contribution is -0.132. The van der Waals surface area contributed by atoms with Crippen LogP contribution in [0, 0.1) is 5.92 Å². The fourth-order valence-corrected chi connectivity index (χ4v) is 1.83. The average molecular weight is 168 g/mol. The zero-order valence-corrected chi connectivity index (χ0v) is 7.76. The van der Waals surface area contributed by atoms with E-state index in [-0.39, 0.29) is 0 Å². The second-order valence-electron chi connectivity index (χ2n) is 3.59. The van der Waals surface area contributed by atoms with Gasteiger partial charge in [0.2, 0.25) is 0 Å². The molecule has 0 aromatic heterocycles. The van der Waals surface area contributed by atoms with Crippen molar-refractivity contribution in [2.45, 2.75) is 39.5 Å². The molecule has 0 aromatic rings. The number of rotatable bonds is 2. The maximum atomic E-state index is 10.6. The van der Waals surface area contributed by atoms with E-state index < -0.39 is 5.97 Å². The van der Waals surface area contributed by atoms with Gasteiger partial charge in [-0.15, -0.1) is 0 Å². The van der Waals surface area contributed by atoms with E-state index in [0.29, 0.717) is 11.5 Å². The van der Waals surface area contributed by atoms with Crippen LogP contribution in [0.5, 0.6) is 0 Å². The molecular formula is C10H16O2. The first-order chi connectivity index (χ1) is 5.63. The van der Waals surface area contributed by atoms with E-state index in [1.807, 2.05) is 6.92 Å². The van der Waals surface area contributed by atoms with Gasteiger partial charge in [-0.3, -0.25) is 0 Å². The molecule has 0 bridgehead atoms. The summed E-state index contributed by atoms with van der Waals surface area (Å²) in [6, 6.07) is 0. The minimum absolute atomic E-state index is 0.543. The predicted octanol–water partition coefficient (Wildman–Crippen LogP) is 2.60. The van der Waals surface area contributed by atoms with Crippen molar-refractivity contribution in [3.63, 3.8) is 0 Å². The molecule has 68 valence electrons. The molecule has 1 N–H and O–H groups in total. The molecule has 1 saturated carbocycles. The zero-order chi connectivity index (χ0) is 9.14. The molecule has 1 aliphatic carbocycles. The van der Waals surface area contributed by atoms with Crippen LogP contribution in [0.15, 0.2) is 11.1 Å². The average Bonchev–Trinajstić information content (AvgIpc) is 2.53. The highest BCUT2D eigenvalue weighted by Gasteiger charge is 2.19. The third kappa shape index (κ3) is 1.87. The van der Waals surface area contributed by atoms with E-state index in [1.54, 1.807) is 6.92 Å². The molecule has 12 heavy (non-hydrogen) atoms. The minimum atomic E-state index is -0.764. The van der Waals surface area contributed by atoms with Crippen LogP contribution in [-0.4, -0.2) is 11.1 Å². The molecule has 2 nitrogen and oxygen atoms in total. The minimum Gasteiger partial charge on any atom is -0.478 e. The van der Waals surface area contributed by atoms with Crippen molar-refractivity contribution >= 4 is 5.97 Å². The fourth-order valence-electron chi connectivity index (χ4n) is 1.83. The summed E-state index contributed by atoms with van der Waals surface area (Å²) in [4.78, 5) is 10.6. The number of aliphatic carboxylic acids is 1. The predicted molar refractivity (Wildman–Crippen MR) is 48.0 cm³/mol. The first kappa shape index (κ1) is 9.30. The standard InChI is InChI=1S/C10H16O2/c1-7(8(2)10(11)12)9-5-3-4-6-9/h9H,3-6H2,1-2H3,(H,11,12)/b8-7-. The van der Waals surface area contributed by atoms with Crippen molar-refractivity contribution in [2.24, 2.45) is 5.92 Å². The molecule has 0 heterocycles. The van der Waals surface area contributed by atoms with E-state index in [2.05, 4.69) is 0 Å². The van der Waals surface area contributed by atoms with Gasteiger partial charge in [0.05, 0.1) is 0 Å². The monoisotopic (exact) mass is 168 g/mol. The van der Waals surface area contributed by atoms with Crippen LogP contribution in [0.25, 0.3) is 0 Å². The van der Waals surface area contributed by atoms with Gasteiger partial charge in [-0.1, -0.05) is 18.4 Å². The zero-order valence-electron chi connectivity index (χ0n) is 7.76. The summed E-state index contributed by atoms with van der Waals surface area (Å²) < 4.78 is 0. The number of carboxylic acid groups (broad SMARTS) is 1. The van der Waals surface area contributed by atoms with Crippen molar-refractivity contribution in [1.29, 1.82) is 0 Å². The summed E-state index contributed by atoms with van der Waals surface area (Å²) in [7, 11) is 0. The number of hydrogen-bond acceptors (Lipinski definition) is 1. The Balaban J connectivity index is 2.72. The van der Waals surface area contributed by atoms with Crippen molar-refractivity contribution in [2.75, 3.05) is 0 Å². The summed E-state index contributed by atoms with van der Waals surface area (Å²) in [5.74, 6) is -0.222. The first-order valence-corrected chi connectivity index (χ1v) is 4.53. The summed E-state index contributed by atoms with van der Waals surface area (Å²) in [5, 5.41) is 8.75. The van der Waals surface area contributed by atoms with Gasteiger partial charge in [0.1, 0.15) is 0 Å². The van der Waals surface area contributed by atoms with Crippen LogP contribution < -0.4 is 0 Å². The lowest BCUT2D eigenvalue weighted by Crippen LogP contribution is -2.05. The Morgan fingerprint density at radius 1 is 1.25 bits per heavy atom. The molecule has 2 heteroatoms. The Morgan fingerprint density at radius 3 is 2.17 bits per heavy atom. The Morgan fingerprint density at radius 2 is 1.75 bits per heavy atom. The third-order valence-corrected chi connectivity index (χ3v) is 2.88. The normalized spacial score (nSPS) is 20.8. The highest BCUT2D eigenvalue weighted by Crippen LogP contribution is 2.32. The van der Waals surface area contributed by atoms with Gasteiger partial charge in [0, 0.05) is 5.57 Å². The van der Waals surface area contributed by atoms with Crippen molar-refractivity contribution in [3.8, 4) is 0 Å². The van der Waals surface area contributed by atoms with E-state index in [0.717, 1.165) is 5.57 Å². The fraction of sp³-hybridized carbons (Fsp3) is 0.700. The van der Waals surface area contributed by atoms with E-state index in [4.69, 9.17) is 5.11 Å². The van der Waals surface area contributed by atoms with E-state index >= 15 is 0 Å². The van der Waals surface area contributed by atoms with Crippen molar-refractivity contribution in [1.82, 2.24) is 0 Å². The SMILES string of the molecule is C/C(C(=O)O)=C(\C)C1CCCC1. The topological polar surface area (TPSA) is 37.3 Å². The number of carboxylic acids is 1.